The molecular formula is C22H24N8. The molecule has 4 heterocycles. The number of rotatable bonds is 5. The first-order valence-corrected chi connectivity index (χ1v) is 10.1. The fourth-order valence-electron chi connectivity index (χ4n) is 4.06. The van der Waals surface area contributed by atoms with Crippen LogP contribution in [0.1, 0.15) is 25.3 Å². The number of hydrogen-bond acceptors (Lipinski definition) is 6. The quantitative estimate of drug-likeness (QED) is 0.498. The molecule has 1 fully saturated rings. The number of likely N-dealkylation sites (tertiary alicyclic amines) is 1. The molecule has 8 nitrogen and oxygen atoms in total. The number of pyridine rings is 1. The van der Waals surface area contributed by atoms with E-state index in [9.17, 15) is 0 Å². The van der Waals surface area contributed by atoms with Crippen molar-refractivity contribution in [2.75, 3.05) is 25.0 Å². The highest BCUT2D eigenvalue weighted by Crippen LogP contribution is 2.34. The summed E-state index contributed by atoms with van der Waals surface area (Å²) >= 11 is 0. The fraction of sp³-hybridized carbons (Fsp3) is 0.409. The number of aromatic nitrogens is 4. The van der Waals surface area contributed by atoms with Gasteiger partial charge in [-0.05, 0) is 57.3 Å². The average molecular weight is 400 g/mol. The standard InChI is InChI=1S/C22H24N8/c1-14-10-17-18(12-26-21(17)25-11-14)20-19(24-3)13-27-22(29-20)28-15(2)16-4-7-30(8-5-16)9-6-23/h10-13,15-16H,4-5,7-9H2,1-2H3,(H,25,26)(H,27,28,29). The first-order valence-electron chi connectivity index (χ1n) is 10.1. The summed E-state index contributed by atoms with van der Waals surface area (Å²) in [6.45, 7) is 14.1. The maximum absolute atomic E-state index is 8.87. The van der Waals surface area contributed by atoms with Gasteiger partial charge in [-0.25, -0.2) is 19.8 Å². The molecule has 1 unspecified atom stereocenters. The lowest BCUT2D eigenvalue weighted by atomic mass is 9.90. The highest BCUT2D eigenvalue weighted by Gasteiger charge is 2.24. The van der Waals surface area contributed by atoms with Crippen molar-refractivity contribution in [1.29, 1.82) is 5.26 Å². The van der Waals surface area contributed by atoms with E-state index in [-0.39, 0.29) is 6.04 Å². The summed E-state index contributed by atoms with van der Waals surface area (Å²) in [5.74, 6) is 1.02. The zero-order valence-corrected chi connectivity index (χ0v) is 17.2. The van der Waals surface area contributed by atoms with E-state index < -0.39 is 0 Å². The highest BCUT2D eigenvalue weighted by atomic mass is 15.1. The predicted octanol–water partition coefficient (Wildman–Crippen LogP) is 3.92. The van der Waals surface area contributed by atoms with Crippen LogP contribution in [0.25, 0.3) is 27.1 Å². The summed E-state index contributed by atoms with van der Waals surface area (Å²) in [5.41, 5.74) is 3.71. The summed E-state index contributed by atoms with van der Waals surface area (Å²) in [4.78, 5) is 22.5. The first-order chi connectivity index (χ1) is 14.6. The molecule has 1 aliphatic heterocycles. The van der Waals surface area contributed by atoms with Gasteiger partial charge < -0.3 is 10.3 Å². The second-order valence-corrected chi connectivity index (χ2v) is 7.86. The van der Waals surface area contributed by atoms with E-state index in [1.54, 1.807) is 6.20 Å². The molecule has 30 heavy (non-hydrogen) atoms. The second kappa shape index (κ2) is 8.48. The first kappa shape index (κ1) is 19.8. The molecule has 3 aromatic rings. The minimum absolute atomic E-state index is 0.202. The molecule has 1 aliphatic rings. The Morgan fingerprint density at radius 3 is 2.90 bits per heavy atom. The van der Waals surface area contributed by atoms with E-state index >= 15 is 0 Å². The van der Waals surface area contributed by atoms with Crippen molar-refractivity contribution in [2.45, 2.75) is 32.7 Å². The molecule has 0 amide bonds. The number of nitrogens with zero attached hydrogens (tertiary/aromatic N) is 6. The lowest BCUT2D eigenvalue weighted by molar-refractivity contribution is 0.192. The monoisotopic (exact) mass is 400 g/mol. The third-order valence-corrected chi connectivity index (χ3v) is 5.80. The maximum Gasteiger partial charge on any atom is 0.231 e. The van der Waals surface area contributed by atoms with Crippen LogP contribution in [0.3, 0.4) is 0 Å². The van der Waals surface area contributed by atoms with Crippen molar-refractivity contribution in [1.82, 2.24) is 24.8 Å². The van der Waals surface area contributed by atoms with E-state index in [2.05, 4.69) is 49.1 Å². The molecule has 0 saturated carbocycles. The Labute approximate surface area is 175 Å². The van der Waals surface area contributed by atoms with E-state index in [0.29, 0.717) is 29.8 Å². The number of nitrogens with one attached hydrogen (secondary N) is 2. The van der Waals surface area contributed by atoms with Crippen molar-refractivity contribution in [3.8, 4) is 17.3 Å². The number of anilines is 1. The average Bonchev–Trinajstić information content (AvgIpc) is 3.17. The molecule has 0 aliphatic carbocycles. The van der Waals surface area contributed by atoms with Gasteiger partial charge in [0, 0.05) is 35.6 Å². The van der Waals surface area contributed by atoms with Crippen molar-refractivity contribution >= 4 is 22.7 Å². The number of aromatic amines is 1. The van der Waals surface area contributed by atoms with Crippen LogP contribution in [0.15, 0.2) is 24.7 Å². The third kappa shape index (κ3) is 3.96. The summed E-state index contributed by atoms with van der Waals surface area (Å²) < 4.78 is 0. The number of aryl methyl sites for hydroxylation is 1. The number of hydrogen-bond donors (Lipinski definition) is 2. The SMILES string of the molecule is [C-]#[N+]c1cnc(NC(C)C2CCN(CC#N)CC2)nc1-c1c[nH]c2ncc(C)cc12. The van der Waals surface area contributed by atoms with Gasteiger partial charge in [0.1, 0.15) is 5.65 Å². The van der Waals surface area contributed by atoms with E-state index in [0.717, 1.165) is 48.1 Å². The van der Waals surface area contributed by atoms with Gasteiger partial charge >= 0.3 is 0 Å². The van der Waals surface area contributed by atoms with Crippen LogP contribution in [0.4, 0.5) is 11.6 Å². The molecule has 3 aromatic heterocycles. The molecule has 0 spiro atoms. The Morgan fingerprint density at radius 1 is 1.37 bits per heavy atom. The molecule has 8 heteroatoms. The van der Waals surface area contributed by atoms with Gasteiger partial charge in [-0.15, -0.1) is 0 Å². The third-order valence-electron chi connectivity index (χ3n) is 5.80. The Kier molecular flexibility index (Phi) is 5.60. The fourth-order valence-corrected chi connectivity index (χ4v) is 4.06. The van der Waals surface area contributed by atoms with Gasteiger partial charge in [-0.1, -0.05) is 0 Å². The zero-order chi connectivity index (χ0) is 21.1. The summed E-state index contributed by atoms with van der Waals surface area (Å²) in [7, 11) is 0. The van der Waals surface area contributed by atoms with Gasteiger partial charge in [0.25, 0.3) is 0 Å². The Balaban J connectivity index is 1.57. The smallest absolute Gasteiger partial charge is 0.231 e. The summed E-state index contributed by atoms with van der Waals surface area (Å²) in [6.07, 6.45) is 7.33. The Bertz CT molecular complexity index is 1130. The van der Waals surface area contributed by atoms with Crippen LogP contribution >= 0.6 is 0 Å². The van der Waals surface area contributed by atoms with Crippen LogP contribution in [0.2, 0.25) is 0 Å². The number of fused-ring (bicyclic) bond motifs is 1. The minimum Gasteiger partial charge on any atom is -0.352 e. The minimum atomic E-state index is 0.202. The number of piperidine rings is 1. The molecule has 2 N–H and O–H groups in total. The molecule has 1 saturated heterocycles. The van der Waals surface area contributed by atoms with E-state index in [4.69, 9.17) is 16.8 Å². The largest absolute Gasteiger partial charge is 0.352 e. The van der Waals surface area contributed by atoms with Crippen LogP contribution in [0, 0.1) is 30.7 Å². The van der Waals surface area contributed by atoms with Gasteiger partial charge in [0.05, 0.1) is 24.9 Å². The topological polar surface area (TPSA) is 97.9 Å². The van der Waals surface area contributed by atoms with Crippen molar-refractivity contribution in [2.24, 2.45) is 5.92 Å². The summed E-state index contributed by atoms with van der Waals surface area (Å²) in [5, 5.41) is 13.3. The van der Waals surface area contributed by atoms with Gasteiger partial charge in [0.2, 0.25) is 11.6 Å². The highest BCUT2D eigenvalue weighted by molar-refractivity contribution is 5.96. The van der Waals surface area contributed by atoms with E-state index in [1.807, 2.05) is 19.3 Å². The van der Waals surface area contributed by atoms with E-state index in [1.165, 1.54) is 0 Å². The molecule has 4 rings (SSSR count). The summed E-state index contributed by atoms with van der Waals surface area (Å²) in [6, 6.07) is 4.48. The number of nitriles is 1. The maximum atomic E-state index is 8.87. The van der Waals surface area contributed by atoms with Crippen LogP contribution in [-0.4, -0.2) is 50.5 Å². The van der Waals surface area contributed by atoms with Crippen LogP contribution < -0.4 is 5.32 Å². The van der Waals surface area contributed by atoms with Gasteiger partial charge in [-0.3, -0.25) is 4.90 Å². The lowest BCUT2D eigenvalue weighted by Gasteiger charge is -2.33. The predicted molar refractivity (Wildman–Crippen MR) is 116 cm³/mol. The molecule has 0 radical (unpaired) electrons. The van der Waals surface area contributed by atoms with Crippen LogP contribution in [0.5, 0.6) is 0 Å². The van der Waals surface area contributed by atoms with Gasteiger partial charge in [-0.2, -0.15) is 5.26 Å². The molecule has 0 bridgehead atoms. The van der Waals surface area contributed by atoms with Crippen molar-refractivity contribution in [3.63, 3.8) is 0 Å². The number of H-pyrrole nitrogens is 1. The molecule has 1 atom stereocenters. The lowest BCUT2D eigenvalue weighted by Crippen LogP contribution is -2.39. The van der Waals surface area contributed by atoms with Crippen LogP contribution in [-0.2, 0) is 0 Å². The second-order valence-electron chi connectivity index (χ2n) is 7.86. The van der Waals surface area contributed by atoms with Crippen molar-refractivity contribution < 1.29 is 0 Å². The Morgan fingerprint density at radius 2 is 2.17 bits per heavy atom. The molecule has 0 aromatic carbocycles. The van der Waals surface area contributed by atoms with Crippen molar-refractivity contribution in [3.05, 3.63) is 41.6 Å². The zero-order valence-electron chi connectivity index (χ0n) is 17.2. The Hall–Kier alpha value is -3.49. The van der Waals surface area contributed by atoms with Gasteiger partial charge in [0.15, 0.2) is 0 Å². The normalized spacial score (nSPS) is 16.1. The molecule has 152 valence electrons. The molecular weight excluding hydrogens is 376 g/mol.